The lowest BCUT2D eigenvalue weighted by Gasteiger charge is -2.36. The predicted molar refractivity (Wildman–Crippen MR) is 110 cm³/mol. The average molecular weight is 368 g/mol. The lowest BCUT2D eigenvalue weighted by Crippen LogP contribution is -2.47. The minimum absolute atomic E-state index is 0.000630. The van der Waals surface area contributed by atoms with Gasteiger partial charge in [0.15, 0.2) is 0 Å². The fourth-order valence-electron chi connectivity index (χ4n) is 3.35. The summed E-state index contributed by atoms with van der Waals surface area (Å²) in [5.74, 6) is 0.611. The minimum Gasteiger partial charge on any atom is -0.495 e. The number of nitrogens with zero attached hydrogens (tertiary/aromatic N) is 2. The van der Waals surface area contributed by atoms with Gasteiger partial charge in [-0.2, -0.15) is 0 Å². The summed E-state index contributed by atoms with van der Waals surface area (Å²) in [4.78, 5) is 17.0. The van der Waals surface area contributed by atoms with Crippen LogP contribution >= 0.6 is 0 Å². The number of nitrogens with two attached hydrogens (primary N) is 1. The van der Waals surface area contributed by atoms with E-state index in [1.165, 1.54) is 11.3 Å². The van der Waals surface area contributed by atoms with Crippen LogP contribution in [0.2, 0.25) is 0 Å². The van der Waals surface area contributed by atoms with Crippen molar-refractivity contribution in [2.45, 2.75) is 13.3 Å². The third kappa shape index (κ3) is 5.14. The summed E-state index contributed by atoms with van der Waals surface area (Å²) < 4.78 is 5.13. The second-order valence-corrected chi connectivity index (χ2v) is 6.92. The number of anilines is 3. The van der Waals surface area contributed by atoms with E-state index in [0.717, 1.165) is 32.7 Å². The normalized spacial score (nSPS) is 14.8. The molecule has 27 heavy (non-hydrogen) atoms. The highest BCUT2D eigenvalue weighted by molar-refractivity contribution is 5.91. The van der Waals surface area contributed by atoms with Gasteiger partial charge < -0.3 is 20.7 Å². The van der Waals surface area contributed by atoms with Crippen LogP contribution in [-0.2, 0) is 4.79 Å². The monoisotopic (exact) mass is 368 g/mol. The maximum Gasteiger partial charge on any atom is 0.225 e. The number of hydrogen-bond acceptors (Lipinski definition) is 5. The van der Waals surface area contributed by atoms with Crippen LogP contribution in [0.5, 0.6) is 5.75 Å². The number of ether oxygens (including phenoxy) is 1. The molecule has 2 aromatic carbocycles. The molecule has 6 nitrogen and oxygen atoms in total. The van der Waals surface area contributed by atoms with Crippen molar-refractivity contribution in [3.8, 4) is 5.75 Å². The van der Waals surface area contributed by atoms with Gasteiger partial charge in [0, 0.05) is 50.5 Å². The van der Waals surface area contributed by atoms with Crippen molar-refractivity contribution in [2.75, 3.05) is 55.8 Å². The standard InChI is InChI=1S/C21H28N4O2/c1-16-4-3-5-18(14-16)25-12-10-24(11-13-25)9-8-21(26)23-17-6-7-20(27-2)19(22)15-17/h3-7,14-15H,8-13,22H2,1-2H3,(H,23,26). The molecule has 0 saturated carbocycles. The van der Waals surface area contributed by atoms with Gasteiger partial charge in [0.25, 0.3) is 0 Å². The Morgan fingerprint density at radius 3 is 2.59 bits per heavy atom. The highest BCUT2D eigenvalue weighted by Crippen LogP contribution is 2.24. The van der Waals surface area contributed by atoms with Crippen LogP contribution in [0.4, 0.5) is 17.1 Å². The Labute approximate surface area is 160 Å². The molecule has 1 heterocycles. The van der Waals surface area contributed by atoms with Crippen molar-refractivity contribution in [1.82, 2.24) is 4.90 Å². The molecule has 6 heteroatoms. The van der Waals surface area contributed by atoms with E-state index in [1.54, 1.807) is 25.3 Å². The number of hydrogen-bond donors (Lipinski definition) is 2. The van der Waals surface area contributed by atoms with Crippen LogP contribution in [-0.4, -0.2) is 50.6 Å². The maximum atomic E-state index is 12.2. The van der Waals surface area contributed by atoms with Gasteiger partial charge in [-0.3, -0.25) is 9.69 Å². The third-order valence-corrected chi connectivity index (χ3v) is 4.91. The van der Waals surface area contributed by atoms with Gasteiger partial charge >= 0.3 is 0 Å². The molecule has 144 valence electrons. The number of benzene rings is 2. The molecule has 3 rings (SSSR count). The van der Waals surface area contributed by atoms with Crippen LogP contribution in [0.1, 0.15) is 12.0 Å². The molecular weight excluding hydrogens is 340 g/mol. The second kappa shape index (κ2) is 8.77. The Kier molecular flexibility index (Phi) is 6.19. The third-order valence-electron chi connectivity index (χ3n) is 4.91. The summed E-state index contributed by atoms with van der Waals surface area (Å²) >= 11 is 0. The molecule has 0 radical (unpaired) electrons. The van der Waals surface area contributed by atoms with E-state index in [0.29, 0.717) is 23.5 Å². The Balaban J connectivity index is 1.43. The zero-order chi connectivity index (χ0) is 19.2. The van der Waals surface area contributed by atoms with Crippen molar-refractivity contribution in [3.05, 3.63) is 48.0 Å². The van der Waals surface area contributed by atoms with Gasteiger partial charge in [-0.1, -0.05) is 12.1 Å². The molecule has 1 aliphatic rings. The molecule has 1 fully saturated rings. The number of nitrogens with one attached hydrogen (secondary N) is 1. The van der Waals surface area contributed by atoms with Crippen molar-refractivity contribution in [2.24, 2.45) is 0 Å². The molecule has 0 aliphatic carbocycles. The fraction of sp³-hybridized carbons (Fsp3) is 0.381. The molecule has 1 amide bonds. The summed E-state index contributed by atoms with van der Waals surface area (Å²) in [6.07, 6.45) is 0.469. The van der Waals surface area contributed by atoms with Crippen molar-refractivity contribution >= 4 is 23.0 Å². The van der Waals surface area contributed by atoms with Crippen LogP contribution in [0.25, 0.3) is 0 Å². The summed E-state index contributed by atoms with van der Waals surface area (Å²) in [5, 5.41) is 2.90. The van der Waals surface area contributed by atoms with E-state index in [-0.39, 0.29) is 5.91 Å². The van der Waals surface area contributed by atoms with E-state index in [9.17, 15) is 4.79 Å². The molecule has 2 aromatic rings. The molecule has 0 aromatic heterocycles. The zero-order valence-electron chi connectivity index (χ0n) is 16.1. The van der Waals surface area contributed by atoms with Gasteiger partial charge in [-0.05, 0) is 42.8 Å². The zero-order valence-corrected chi connectivity index (χ0v) is 16.1. The number of rotatable bonds is 6. The molecule has 0 spiro atoms. The molecular formula is C21H28N4O2. The first-order valence-corrected chi connectivity index (χ1v) is 9.32. The fourth-order valence-corrected chi connectivity index (χ4v) is 3.35. The summed E-state index contributed by atoms with van der Waals surface area (Å²) in [6.45, 7) is 6.79. The van der Waals surface area contributed by atoms with Crippen LogP contribution < -0.4 is 20.7 Å². The first-order chi connectivity index (χ1) is 13.0. The topological polar surface area (TPSA) is 70.8 Å². The number of aryl methyl sites for hydroxylation is 1. The molecule has 0 atom stereocenters. The SMILES string of the molecule is COc1ccc(NC(=O)CCN2CCN(c3cccc(C)c3)CC2)cc1N. The van der Waals surface area contributed by atoms with Crippen molar-refractivity contribution in [3.63, 3.8) is 0 Å². The second-order valence-electron chi connectivity index (χ2n) is 6.92. The van der Waals surface area contributed by atoms with Gasteiger partial charge in [0.2, 0.25) is 5.91 Å². The Bertz CT molecular complexity index is 786. The van der Waals surface area contributed by atoms with E-state index in [4.69, 9.17) is 10.5 Å². The molecule has 1 saturated heterocycles. The van der Waals surface area contributed by atoms with Crippen molar-refractivity contribution in [1.29, 1.82) is 0 Å². The van der Waals surface area contributed by atoms with Gasteiger partial charge in [-0.15, -0.1) is 0 Å². The summed E-state index contributed by atoms with van der Waals surface area (Å²) in [5.41, 5.74) is 9.66. The first-order valence-electron chi connectivity index (χ1n) is 9.32. The summed E-state index contributed by atoms with van der Waals surface area (Å²) in [7, 11) is 1.57. The largest absolute Gasteiger partial charge is 0.495 e. The minimum atomic E-state index is 0.000630. The number of nitrogen functional groups attached to an aromatic ring is 1. The lowest BCUT2D eigenvalue weighted by molar-refractivity contribution is -0.116. The van der Waals surface area contributed by atoms with E-state index in [2.05, 4.69) is 46.3 Å². The van der Waals surface area contributed by atoms with Crippen molar-refractivity contribution < 1.29 is 9.53 Å². The Morgan fingerprint density at radius 1 is 1.15 bits per heavy atom. The van der Waals surface area contributed by atoms with Gasteiger partial charge in [0.05, 0.1) is 12.8 Å². The van der Waals surface area contributed by atoms with Crippen LogP contribution in [0.3, 0.4) is 0 Å². The average Bonchev–Trinajstić information content (AvgIpc) is 2.67. The molecule has 0 unspecified atom stereocenters. The number of piperazine rings is 1. The number of amides is 1. The highest BCUT2D eigenvalue weighted by Gasteiger charge is 2.18. The first kappa shape index (κ1) is 19.0. The molecule has 3 N–H and O–H groups in total. The molecule has 0 bridgehead atoms. The number of carbonyl (C=O) groups is 1. The predicted octanol–water partition coefficient (Wildman–Crippen LogP) is 2.74. The Morgan fingerprint density at radius 2 is 1.93 bits per heavy atom. The smallest absolute Gasteiger partial charge is 0.225 e. The van der Waals surface area contributed by atoms with Gasteiger partial charge in [0.1, 0.15) is 5.75 Å². The van der Waals surface area contributed by atoms with Crippen LogP contribution in [0, 0.1) is 6.92 Å². The number of carbonyl (C=O) groups excluding carboxylic acids is 1. The summed E-state index contributed by atoms with van der Waals surface area (Å²) in [6, 6.07) is 13.9. The van der Waals surface area contributed by atoms with Gasteiger partial charge in [-0.25, -0.2) is 0 Å². The quantitative estimate of drug-likeness (QED) is 0.767. The van der Waals surface area contributed by atoms with E-state index < -0.39 is 0 Å². The maximum absolute atomic E-state index is 12.2. The van der Waals surface area contributed by atoms with E-state index in [1.807, 2.05) is 0 Å². The van der Waals surface area contributed by atoms with Crippen LogP contribution in [0.15, 0.2) is 42.5 Å². The number of methoxy groups -OCH3 is 1. The molecule has 1 aliphatic heterocycles. The Hall–Kier alpha value is -2.73. The highest BCUT2D eigenvalue weighted by atomic mass is 16.5. The lowest BCUT2D eigenvalue weighted by atomic mass is 10.2. The van der Waals surface area contributed by atoms with E-state index >= 15 is 0 Å².